The van der Waals surface area contributed by atoms with Crippen LogP contribution in [0.25, 0.3) is 0 Å². The van der Waals surface area contributed by atoms with Gasteiger partial charge in [-0.25, -0.2) is 0 Å². The highest BCUT2D eigenvalue weighted by Gasteiger charge is 2.30. The van der Waals surface area contributed by atoms with Gasteiger partial charge in [0.15, 0.2) is 0 Å². The fraction of sp³-hybridized carbons (Fsp3) is 1.00. The summed E-state index contributed by atoms with van der Waals surface area (Å²) in [5.74, 6) is 0. The molecule has 0 aromatic carbocycles. The van der Waals surface area contributed by atoms with Crippen molar-refractivity contribution < 1.29 is 4.74 Å². The van der Waals surface area contributed by atoms with Crippen LogP contribution in [-0.2, 0) is 4.74 Å². The molecule has 1 heterocycles. The van der Waals surface area contributed by atoms with Crippen molar-refractivity contribution in [2.45, 2.75) is 52.7 Å². The molecule has 13 heavy (non-hydrogen) atoms. The van der Waals surface area contributed by atoms with E-state index in [2.05, 4.69) is 39.9 Å². The molecule has 1 aliphatic heterocycles. The van der Waals surface area contributed by atoms with Crippen LogP contribution in [0, 0.1) is 5.41 Å². The summed E-state index contributed by atoms with van der Waals surface area (Å²) >= 11 is 0. The fourth-order valence-corrected chi connectivity index (χ4v) is 1.53. The first-order valence-electron chi connectivity index (χ1n) is 5.18. The average molecular weight is 185 g/mol. The summed E-state index contributed by atoms with van der Waals surface area (Å²) in [6, 6.07) is 0. The van der Waals surface area contributed by atoms with E-state index >= 15 is 0 Å². The summed E-state index contributed by atoms with van der Waals surface area (Å²) in [5, 5.41) is 3.55. The molecule has 1 aliphatic rings. The van der Waals surface area contributed by atoms with Gasteiger partial charge in [-0.05, 0) is 25.7 Å². The third-order valence-electron chi connectivity index (χ3n) is 2.78. The Balaban J connectivity index is 2.55. The van der Waals surface area contributed by atoms with Crippen LogP contribution in [0.4, 0.5) is 0 Å². The molecule has 0 aliphatic carbocycles. The minimum atomic E-state index is 0.236. The van der Waals surface area contributed by atoms with Crippen molar-refractivity contribution in [3.63, 3.8) is 0 Å². The number of hydrogen-bond acceptors (Lipinski definition) is 2. The van der Waals surface area contributed by atoms with Crippen LogP contribution in [0.2, 0.25) is 0 Å². The van der Waals surface area contributed by atoms with E-state index in [-0.39, 0.29) is 11.0 Å². The van der Waals surface area contributed by atoms with Crippen LogP contribution >= 0.6 is 0 Å². The summed E-state index contributed by atoms with van der Waals surface area (Å²) in [6.07, 6.45) is 1.44. The van der Waals surface area contributed by atoms with Crippen molar-refractivity contribution in [2.75, 3.05) is 13.2 Å². The van der Waals surface area contributed by atoms with Crippen molar-refractivity contribution in [3.05, 3.63) is 0 Å². The van der Waals surface area contributed by atoms with Crippen LogP contribution in [0.5, 0.6) is 0 Å². The van der Waals surface area contributed by atoms with E-state index in [0.29, 0.717) is 6.10 Å². The van der Waals surface area contributed by atoms with Crippen LogP contribution in [-0.4, -0.2) is 24.8 Å². The van der Waals surface area contributed by atoms with E-state index in [4.69, 9.17) is 4.74 Å². The maximum absolute atomic E-state index is 5.84. The molecule has 0 amide bonds. The predicted molar refractivity (Wildman–Crippen MR) is 55.9 cm³/mol. The zero-order valence-electron chi connectivity index (χ0n) is 9.61. The second kappa shape index (κ2) is 3.58. The Morgan fingerprint density at radius 1 is 1.31 bits per heavy atom. The van der Waals surface area contributed by atoms with Gasteiger partial charge in [-0.3, -0.25) is 0 Å². The molecule has 78 valence electrons. The Morgan fingerprint density at radius 3 is 2.46 bits per heavy atom. The van der Waals surface area contributed by atoms with Gasteiger partial charge in [0.05, 0.1) is 6.10 Å². The quantitative estimate of drug-likeness (QED) is 0.624. The summed E-state index contributed by atoms with van der Waals surface area (Å²) in [6.45, 7) is 13.0. The molecule has 0 bridgehead atoms. The van der Waals surface area contributed by atoms with Crippen molar-refractivity contribution in [1.82, 2.24) is 5.32 Å². The topological polar surface area (TPSA) is 21.3 Å². The van der Waals surface area contributed by atoms with E-state index in [1.807, 2.05) is 0 Å². The molecule has 1 saturated heterocycles. The first kappa shape index (κ1) is 11.0. The van der Waals surface area contributed by atoms with Crippen LogP contribution < -0.4 is 5.32 Å². The van der Waals surface area contributed by atoms with E-state index in [9.17, 15) is 0 Å². The molecule has 1 atom stereocenters. The lowest BCUT2D eigenvalue weighted by Crippen LogP contribution is -2.44. The van der Waals surface area contributed by atoms with Gasteiger partial charge in [0, 0.05) is 18.7 Å². The minimum absolute atomic E-state index is 0.236. The second-order valence-corrected chi connectivity index (χ2v) is 5.74. The maximum Gasteiger partial charge on any atom is 0.0747 e. The molecule has 1 fully saturated rings. The van der Waals surface area contributed by atoms with Gasteiger partial charge in [0.25, 0.3) is 0 Å². The highest BCUT2D eigenvalue weighted by atomic mass is 16.5. The second-order valence-electron chi connectivity index (χ2n) is 5.74. The van der Waals surface area contributed by atoms with Gasteiger partial charge in [-0.1, -0.05) is 20.8 Å². The lowest BCUT2D eigenvalue weighted by molar-refractivity contribution is -0.00583. The smallest absolute Gasteiger partial charge is 0.0747 e. The molecular formula is C11H23NO. The molecular weight excluding hydrogens is 162 g/mol. The summed E-state index contributed by atoms with van der Waals surface area (Å²) in [7, 11) is 0. The van der Waals surface area contributed by atoms with Crippen molar-refractivity contribution in [1.29, 1.82) is 0 Å². The molecule has 2 heteroatoms. The Bertz CT molecular complexity index is 169. The SMILES string of the molecule is CC1(C)CCOC(C(C)(C)C)CN1. The standard InChI is InChI=1S/C11H23NO/c1-10(2,3)9-8-12-11(4,5)6-7-13-9/h9,12H,6-8H2,1-5H3. The Labute approximate surface area is 82.0 Å². The van der Waals surface area contributed by atoms with Gasteiger partial charge in [0.1, 0.15) is 0 Å². The molecule has 0 aromatic rings. The molecule has 2 nitrogen and oxygen atoms in total. The van der Waals surface area contributed by atoms with E-state index in [1.54, 1.807) is 0 Å². The fourth-order valence-electron chi connectivity index (χ4n) is 1.53. The highest BCUT2D eigenvalue weighted by Crippen LogP contribution is 2.25. The number of hydrogen-bond donors (Lipinski definition) is 1. The normalized spacial score (nSPS) is 29.8. The zero-order valence-corrected chi connectivity index (χ0v) is 9.61. The molecule has 1 rings (SSSR count). The molecule has 0 saturated carbocycles. The van der Waals surface area contributed by atoms with Gasteiger partial charge in [0.2, 0.25) is 0 Å². The number of rotatable bonds is 0. The van der Waals surface area contributed by atoms with Crippen LogP contribution in [0.1, 0.15) is 41.0 Å². The summed E-state index contributed by atoms with van der Waals surface area (Å²) < 4.78 is 5.84. The average Bonchev–Trinajstić information content (AvgIpc) is 2.08. The molecule has 0 aromatic heterocycles. The van der Waals surface area contributed by atoms with E-state index < -0.39 is 0 Å². The monoisotopic (exact) mass is 185 g/mol. The molecule has 0 spiro atoms. The van der Waals surface area contributed by atoms with Crippen molar-refractivity contribution in [2.24, 2.45) is 5.41 Å². The van der Waals surface area contributed by atoms with Gasteiger partial charge < -0.3 is 10.1 Å². The van der Waals surface area contributed by atoms with Gasteiger partial charge in [-0.15, -0.1) is 0 Å². The maximum atomic E-state index is 5.84. The third-order valence-corrected chi connectivity index (χ3v) is 2.78. The highest BCUT2D eigenvalue weighted by molar-refractivity contribution is 4.86. The molecule has 0 radical (unpaired) electrons. The lowest BCUT2D eigenvalue weighted by atomic mass is 9.89. The molecule has 1 unspecified atom stereocenters. The Kier molecular flexibility index (Phi) is 3.03. The zero-order chi connectivity index (χ0) is 10.1. The first-order valence-corrected chi connectivity index (χ1v) is 5.18. The Morgan fingerprint density at radius 2 is 1.92 bits per heavy atom. The molecule has 1 N–H and O–H groups in total. The lowest BCUT2D eigenvalue weighted by Gasteiger charge is -2.30. The first-order chi connectivity index (χ1) is 5.81. The summed E-state index contributed by atoms with van der Waals surface area (Å²) in [5.41, 5.74) is 0.480. The van der Waals surface area contributed by atoms with Crippen molar-refractivity contribution >= 4 is 0 Å². The van der Waals surface area contributed by atoms with Crippen LogP contribution in [0.3, 0.4) is 0 Å². The Hall–Kier alpha value is -0.0800. The number of nitrogens with one attached hydrogen (secondary N) is 1. The van der Waals surface area contributed by atoms with E-state index in [0.717, 1.165) is 19.6 Å². The van der Waals surface area contributed by atoms with Crippen LogP contribution in [0.15, 0.2) is 0 Å². The minimum Gasteiger partial charge on any atom is -0.376 e. The largest absolute Gasteiger partial charge is 0.376 e. The van der Waals surface area contributed by atoms with Gasteiger partial charge >= 0.3 is 0 Å². The number of ether oxygens (including phenoxy) is 1. The summed E-state index contributed by atoms with van der Waals surface area (Å²) in [4.78, 5) is 0. The van der Waals surface area contributed by atoms with Crippen molar-refractivity contribution in [3.8, 4) is 0 Å². The van der Waals surface area contributed by atoms with E-state index in [1.165, 1.54) is 0 Å². The predicted octanol–water partition coefficient (Wildman–Crippen LogP) is 2.19. The van der Waals surface area contributed by atoms with Gasteiger partial charge in [-0.2, -0.15) is 0 Å². The third kappa shape index (κ3) is 3.28.